The van der Waals surface area contributed by atoms with Gasteiger partial charge >= 0.3 is 12.1 Å². The number of tetrazole rings is 1. The quantitative estimate of drug-likeness (QED) is 0.271. The smallest absolute Gasteiger partial charge is 0.415 e. The number of carbonyl (C=O) groups excluding carboxylic acids is 1. The van der Waals surface area contributed by atoms with Gasteiger partial charge in [-0.3, -0.25) is 9.69 Å². The molecule has 0 fully saturated rings. The third-order valence-electron chi connectivity index (χ3n) is 4.42. The molecular weight excluding hydrogens is 442 g/mol. The lowest BCUT2D eigenvalue weighted by molar-refractivity contribution is -0.137. The molecule has 0 radical (unpaired) electrons. The van der Waals surface area contributed by atoms with Gasteiger partial charge in [-0.1, -0.05) is 11.3 Å². The van der Waals surface area contributed by atoms with Crippen LogP contribution in [0.4, 0.5) is 10.6 Å². The van der Waals surface area contributed by atoms with Gasteiger partial charge in [0.2, 0.25) is 0 Å². The zero-order valence-electron chi connectivity index (χ0n) is 16.7. The zero-order valence-corrected chi connectivity index (χ0v) is 18.4. The van der Waals surface area contributed by atoms with Gasteiger partial charge in [-0.25, -0.2) is 19.9 Å². The Morgan fingerprint density at radius 3 is 2.81 bits per heavy atom. The van der Waals surface area contributed by atoms with Crippen molar-refractivity contribution in [3.63, 3.8) is 0 Å². The molecule has 1 amide bonds. The predicted octanol–water partition coefficient (Wildman–Crippen LogP) is 3.10. The molecule has 3 heterocycles. The molecule has 0 unspecified atom stereocenters. The van der Waals surface area contributed by atoms with E-state index in [0.717, 1.165) is 25.1 Å². The number of aliphatic carboxylic acids is 1. The fourth-order valence-electron chi connectivity index (χ4n) is 2.89. The highest BCUT2D eigenvalue weighted by Gasteiger charge is 2.19. The molecule has 0 aromatic carbocycles. The van der Waals surface area contributed by atoms with Crippen molar-refractivity contribution in [3.8, 4) is 0 Å². The Labute approximate surface area is 187 Å². The third-order valence-corrected chi connectivity index (χ3v) is 5.56. The van der Waals surface area contributed by atoms with E-state index in [1.165, 1.54) is 16.2 Å². The second kappa shape index (κ2) is 11.6. The van der Waals surface area contributed by atoms with Crippen LogP contribution in [0.5, 0.6) is 0 Å². The molecule has 0 saturated heterocycles. The number of anilines is 1. The number of nitrogens with zero attached hydrogens (tertiary/aromatic N) is 6. The van der Waals surface area contributed by atoms with Crippen molar-refractivity contribution >= 4 is 52.2 Å². The van der Waals surface area contributed by atoms with Gasteiger partial charge in [0.15, 0.2) is 0 Å². The molecule has 0 aliphatic rings. The molecule has 2 N–H and O–H groups in total. The van der Waals surface area contributed by atoms with Crippen LogP contribution in [0.2, 0.25) is 0 Å². The fourth-order valence-corrected chi connectivity index (χ4v) is 3.93. The van der Waals surface area contributed by atoms with E-state index in [0.29, 0.717) is 46.3 Å². The highest BCUT2D eigenvalue weighted by molar-refractivity contribution is 7.82. The first-order chi connectivity index (χ1) is 15.0. The first kappa shape index (κ1) is 22.9. The largest absolute Gasteiger partial charge is 0.481 e. The van der Waals surface area contributed by atoms with E-state index in [1.807, 2.05) is 0 Å². The molecule has 0 bridgehead atoms. The molecule has 3 rings (SSSR count). The highest BCUT2D eigenvalue weighted by Crippen LogP contribution is 2.26. The fraction of sp³-hybridized carbons (Fsp3) is 0.500. The standard InChI is InChI=1S/C18H23N7O4S2/c26-15(27)7-3-4-10-25(14-9-8-12-16(20-14)31-17(30)19-12)18(28)29-11-5-1-2-6-13-21-23-24-22-13/h8-9H,1-7,10-11H2,(H,19,30)(H,26,27)(H,21,22,23,24). The van der Waals surface area contributed by atoms with Crippen LogP contribution in [0.1, 0.15) is 44.3 Å². The Hall–Kier alpha value is -2.80. The van der Waals surface area contributed by atoms with Gasteiger partial charge in [0.05, 0.1) is 6.61 Å². The Morgan fingerprint density at radius 2 is 2.03 bits per heavy atom. The summed E-state index contributed by atoms with van der Waals surface area (Å²) < 4.78 is 6.04. The molecule has 3 aromatic heterocycles. The SMILES string of the molecule is O=C(O)CCCCN(C(=O)OCCCCCc1nnn[nH]1)c1ccc2nc(S)sc2n1. The Balaban J connectivity index is 1.53. The van der Waals surface area contributed by atoms with Crippen LogP contribution < -0.4 is 4.90 Å². The molecule has 0 spiro atoms. The van der Waals surface area contributed by atoms with Crippen LogP contribution in [0.25, 0.3) is 10.3 Å². The first-order valence-electron chi connectivity index (χ1n) is 9.88. The first-order valence-corrected chi connectivity index (χ1v) is 11.1. The number of ether oxygens (including phenoxy) is 1. The molecule has 0 atom stereocenters. The minimum Gasteiger partial charge on any atom is -0.481 e. The number of fused-ring (bicyclic) bond motifs is 1. The Kier molecular flexibility index (Phi) is 8.53. The van der Waals surface area contributed by atoms with Crippen molar-refractivity contribution in [3.05, 3.63) is 18.0 Å². The van der Waals surface area contributed by atoms with Gasteiger partial charge in [-0.05, 0) is 54.7 Å². The van der Waals surface area contributed by atoms with Crippen LogP contribution in [0, 0.1) is 0 Å². The number of carbonyl (C=O) groups is 2. The molecule has 3 aromatic rings. The molecular formula is C18H23N7O4S2. The summed E-state index contributed by atoms with van der Waals surface area (Å²) in [5, 5.41) is 22.4. The summed E-state index contributed by atoms with van der Waals surface area (Å²) in [7, 11) is 0. The van der Waals surface area contributed by atoms with E-state index in [2.05, 4.69) is 43.2 Å². The number of nitrogens with one attached hydrogen (secondary N) is 1. The van der Waals surface area contributed by atoms with Crippen molar-refractivity contribution in [1.82, 2.24) is 30.6 Å². The van der Waals surface area contributed by atoms with Gasteiger partial charge in [-0.2, -0.15) is 0 Å². The number of thiazole rings is 1. The lowest BCUT2D eigenvalue weighted by Crippen LogP contribution is -2.33. The molecule has 31 heavy (non-hydrogen) atoms. The topological polar surface area (TPSA) is 147 Å². The van der Waals surface area contributed by atoms with Crippen LogP contribution in [0.15, 0.2) is 16.5 Å². The summed E-state index contributed by atoms with van der Waals surface area (Å²) in [5.41, 5.74) is 0.708. The van der Waals surface area contributed by atoms with Gasteiger partial charge in [0.25, 0.3) is 0 Å². The number of H-pyrrole nitrogens is 1. The van der Waals surface area contributed by atoms with E-state index < -0.39 is 12.1 Å². The number of rotatable bonds is 12. The van der Waals surface area contributed by atoms with Gasteiger partial charge in [0.1, 0.15) is 26.3 Å². The second-order valence-electron chi connectivity index (χ2n) is 6.77. The van der Waals surface area contributed by atoms with Crippen LogP contribution in [0.3, 0.4) is 0 Å². The number of aryl methyl sites for hydroxylation is 1. The summed E-state index contributed by atoms with van der Waals surface area (Å²) in [5.74, 6) is 0.321. The van der Waals surface area contributed by atoms with Crippen molar-refractivity contribution in [2.24, 2.45) is 0 Å². The lowest BCUT2D eigenvalue weighted by Gasteiger charge is -2.21. The minimum atomic E-state index is -0.860. The molecule has 0 aliphatic carbocycles. The van der Waals surface area contributed by atoms with E-state index in [4.69, 9.17) is 9.84 Å². The summed E-state index contributed by atoms with van der Waals surface area (Å²) in [4.78, 5) is 34.4. The number of hydrogen-bond acceptors (Lipinski definition) is 10. The van der Waals surface area contributed by atoms with Crippen molar-refractivity contribution < 1.29 is 19.4 Å². The van der Waals surface area contributed by atoms with Crippen molar-refractivity contribution in [2.45, 2.75) is 49.3 Å². The molecule has 13 heteroatoms. The number of aromatic amines is 1. The van der Waals surface area contributed by atoms with Crippen molar-refractivity contribution in [1.29, 1.82) is 0 Å². The van der Waals surface area contributed by atoms with Gasteiger partial charge < -0.3 is 9.84 Å². The molecule has 0 aliphatic heterocycles. The Morgan fingerprint density at radius 1 is 1.16 bits per heavy atom. The maximum absolute atomic E-state index is 12.7. The number of pyridine rings is 1. The number of thiol groups is 1. The van der Waals surface area contributed by atoms with E-state index in [1.54, 1.807) is 12.1 Å². The van der Waals surface area contributed by atoms with Crippen LogP contribution in [-0.2, 0) is 16.0 Å². The normalized spacial score (nSPS) is 11.0. The predicted molar refractivity (Wildman–Crippen MR) is 117 cm³/mol. The number of aromatic nitrogens is 6. The highest BCUT2D eigenvalue weighted by atomic mass is 32.2. The summed E-state index contributed by atoms with van der Waals surface area (Å²) in [6, 6.07) is 3.49. The van der Waals surface area contributed by atoms with Gasteiger partial charge in [-0.15, -0.1) is 17.7 Å². The average molecular weight is 466 g/mol. The summed E-state index contributed by atoms with van der Waals surface area (Å²) in [6.45, 7) is 0.596. The monoisotopic (exact) mass is 465 g/mol. The number of carboxylic acids is 1. The molecule has 166 valence electrons. The number of hydrogen-bond donors (Lipinski definition) is 3. The van der Waals surface area contributed by atoms with Crippen LogP contribution >= 0.6 is 24.0 Å². The minimum absolute atomic E-state index is 0.0495. The summed E-state index contributed by atoms with van der Waals surface area (Å²) >= 11 is 5.57. The molecule has 0 saturated carbocycles. The lowest BCUT2D eigenvalue weighted by atomic mass is 10.2. The van der Waals surface area contributed by atoms with E-state index in [-0.39, 0.29) is 13.0 Å². The van der Waals surface area contributed by atoms with Gasteiger partial charge in [0, 0.05) is 19.4 Å². The number of unbranched alkanes of at least 4 members (excludes halogenated alkanes) is 3. The van der Waals surface area contributed by atoms with E-state index >= 15 is 0 Å². The summed E-state index contributed by atoms with van der Waals surface area (Å²) in [6.07, 6.45) is 3.72. The Bertz CT molecular complexity index is 996. The second-order valence-corrected chi connectivity index (χ2v) is 8.47. The average Bonchev–Trinajstić information content (AvgIpc) is 3.38. The maximum atomic E-state index is 12.7. The molecule has 11 nitrogen and oxygen atoms in total. The van der Waals surface area contributed by atoms with Crippen LogP contribution in [-0.4, -0.2) is 60.9 Å². The zero-order chi connectivity index (χ0) is 22.1. The number of amides is 1. The van der Waals surface area contributed by atoms with E-state index in [9.17, 15) is 9.59 Å². The maximum Gasteiger partial charge on any atom is 0.415 e. The van der Waals surface area contributed by atoms with Crippen molar-refractivity contribution in [2.75, 3.05) is 18.1 Å². The number of carboxylic acid groups (broad SMARTS) is 1. The third kappa shape index (κ3) is 7.14.